The Morgan fingerprint density at radius 1 is 1.45 bits per heavy atom. The van der Waals surface area contributed by atoms with Crippen LogP contribution in [0, 0.1) is 5.92 Å². The summed E-state index contributed by atoms with van der Waals surface area (Å²) in [6.45, 7) is 2.06. The number of rotatable bonds is 6. The van der Waals surface area contributed by atoms with Gasteiger partial charge in [-0.1, -0.05) is 19.3 Å². The van der Waals surface area contributed by atoms with Gasteiger partial charge in [0.2, 0.25) is 0 Å². The molecule has 4 heteroatoms. The van der Waals surface area contributed by atoms with E-state index in [1.54, 1.807) is 17.4 Å². The summed E-state index contributed by atoms with van der Waals surface area (Å²) in [7, 11) is 2.17. The first-order valence-corrected chi connectivity index (χ1v) is 8.19. The van der Waals surface area contributed by atoms with E-state index in [9.17, 15) is 4.79 Å². The van der Waals surface area contributed by atoms with Crippen LogP contribution in [0.4, 0.5) is 0 Å². The first-order chi connectivity index (χ1) is 9.65. The van der Waals surface area contributed by atoms with Gasteiger partial charge in [0.1, 0.15) is 0 Å². The van der Waals surface area contributed by atoms with Crippen molar-refractivity contribution in [3.63, 3.8) is 0 Å². The highest BCUT2D eigenvalue weighted by Crippen LogP contribution is 2.26. The number of thiophene rings is 1. The average Bonchev–Trinajstić information content (AvgIpc) is 2.84. The number of nitrogens with zero attached hydrogens (tertiary/aromatic N) is 1. The molecule has 0 atom stereocenters. The lowest BCUT2D eigenvalue weighted by molar-refractivity contribution is -0.131. The average molecular weight is 293 g/mol. The molecule has 0 saturated heterocycles. The van der Waals surface area contributed by atoms with Crippen molar-refractivity contribution in [2.45, 2.75) is 38.6 Å². The highest BCUT2D eigenvalue weighted by atomic mass is 32.1. The van der Waals surface area contributed by atoms with E-state index >= 15 is 0 Å². The topological polar surface area (TPSA) is 40.5 Å². The van der Waals surface area contributed by atoms with Gasteiger partial charge in [0.05, 0.1) is 0 Å². The van der Waals surface area contributed by atoms with E-state index in [1.165, 1.54) is 43.1 Å². The number of hydrogen-bond donors (Lipinski definition) is 1. The summed E-state index contributed by atoms with van der Waals surface area (Å²) in [6.07, 6.45) is 9.79. The van der Waals surface area contributed by atoms with Crippen LogP contribution in [0.5, 0.6) is 0 Å². The van der Waals surface area contributed by atoms with Gasteiger partial charge in [-0.3, -0.25) is 0 Å². The summed E-state index contributed by atoms with van der Waals surface area (Å²) >= 11 is 1.71. The van der Waals surface area contributed by atoms with Crippen LogP contribution in [0.2, 0.25) is 0 Å². The van der Waals surface area contributed by atoms with Gasteiger partial charge in [-0.05, 0) is 48.9 Å². The van der Waals surface area contributed by atoms with Crippen molar-refractivity contribution in [1.82, 2.24) is 4.90 Å². The minimum Gasteiger partial charge on any atom is -0.478 e. The fourth-order valence-corrected chi connectivity index (χ4v) is 3.85. The van der Waals surface area contributed by atoms with Gasteiger partial charge < -0.3 is 10.0 Å². The van der Waals surface area contributed by atoms with Crippen LogP contribution < -0.4 is 0 Å². The third-order valence-electron chi connectivity index (χ3n) is 3.89. The van der Waals surface area contributed by atoms with Gasteiger partial charge in [-0.25, -0.2) is 4.79 Å². The molecular formula is C16H23NO2S. The van der Waals surface area contributed by atoms with Crippen molar-refractivity contribution in [3.8, 4) is 0 Å². The number of carbonyl (C=O) groups is 1. The summed E-state index contributed by atoms with van der Waals surface area (Å²) in [6, 6.07) is 1.99. The van der Waals surface area contributed by atoms with Gasteiger partial charge in [0.25, 0.3) is 0 Å². The molecule has 0 spiro atoms. The third-order valence-corrected chi connectivity index (χ3v) is 4.81. The van der Waals surface area contributed by atoms with Gasteiger partial charge in [-0.2, -0.15) is 0 Å². The number of hydrogen-bond acceptors (Lipinski definition) is 3. The van der Waals surface area contributed by atoms with E-state index in [-0.39, 0.29) is 0 Å². The zero-order valence-electron chi connectivity index (χ0n) is 12.0. The largest absolute Gasteiger partial charge is 0.478 e. The zero-order valence-corrected chi connectivity index (χ0v) is 12.9. The predicted molar refractivity (Wildman–Crippen MR) is 83.9 cm³/mol. The van der Waals surface area contributed by atoms with E-state index in [0.717, 1.165) is 24.6 Å². The summed E-state index contributed by atoms with van der Waals surface area (Å²) in [5.74, 6) is -0.0514. The molecule has 1 aliphatic rings. The molecule has 1 aromatic rings. The van der Waals surface area contributed by atoms with E-state index in [0.29, 0.717) is 0 Å². The Balaban J connectivity index is 1.88. The fraction of sp³-hybridized carbons (Fsp3) is 0.562. The first kappa shape index (κ1) is 15.3. The maximum absolute atomic E-state index is 10.6. The minimum absolute atomic E-state index is 0.840. The molecule has 3 nitrogen and oxygen atoms in total. The lowest BCUT2D eigenvalue weighted by Crippen LogP contribution is -2.26. The van der Waals surface area contributed by atoms with Crippen molar-refractivity contribution < 1.29 is 9.90 Å². The molecule has 0 unspecified atom stereocenters. The van der Waals surface area contributed by atoms with Crippen LogP contribution in [-0.4, -0.2) is 29.6 Å². The Morgan fingerprint density at radius 2 is 2.20 bits per heavy atom. The van der Waals surface area contributed by atoms with E-state index < -0.39 is 5.97 Å². The second kappa shape index (κ2) is 7.60. The molecular weight excluding hydrogens is 270 g/mol. The molecule has 0 bridgehead atoms. The Bertz CT molecular complexity index is 461. The fourth-order valence-electron chi connectivity index (χ4n) is 2.91. The monoisotopic (exact) mass is 293 g/mol. The van der Waals surface area contributed by atoms with Crippen molar-refractivity contribution in [1.29, 1.82) is 0 Å². The second-order valence-electron chi connectivity index (χ2n) is 5.67. The summed E-state index contributed by atoms with van der Waals surface area (Å²) in [5.41, 5.74) is 1.04. The molecule has 1 heterocycles. The summed E-state index contributed by atoms with van der Waals surface area (Å²) in [4.78, 5) is 14.2. The number of carboxylic acid groups (broad SMARTS) is 1. The van der Waals surface area contributed by atoms with Gasteiger partial charge >= 0.3 is 5.97 Å². The SMILES string of the molecule is CN(Cc1sccc1C=CC(=O)O)CC1CCCCC1. The maximum Gasteiger partial charge on any atom is 0.328 e. The van der Waals surface area contributed by atoms with Crippen LogP contribution in [0.3, 0.4) is 0 Å². The molecule has 0 aromatic carbocycles. The van der Waals surface area contributed by atoms with Crippen LogP contribution in [0.25, 0.3) is 6.08 Å². The Morgan fingerprint density at radius 3 is 2.90 bits per heavy atom. The molecule has 1 saturated carbocycles. The lowest BCUT2D eigenvalue weighted by Gasteiger charge is -2.26. The normalized spacial score (nSPS) is 17.1. The summed E-state index contributed by atoms with van der Waals surface area (Å²) in [5, 5.41) is 10.7. The first-order valence-electron chi connectivity index (χ1n) is 7.31. The number of carboxylic acids is 1. The molecule has 1 aliphatic carbocycles. The second-order valence-corrected chi connectivity index (χ2v) is 6.67. The maximum atomic E-state index is 10.6. The van der Waals surface area contributed by atoms with E-state index in [4.69, 9.17) is 5.11 Å². The van der Waals surface area contributed by atoms with Crippen molar-refractivity contribution in [2.24, 2.45) is 5.92 Å². The smallest absolute Gasteiger partial charge is 0.328 e. The standard InChI is InChI=1S/C16H23NO2S/c1-17(11-13-5-3-2-4-6-13)12-15-14(9-10-20-15)7-8-16(18)19/h7-10,13H,2-6,11-12H2,1H3,(H,18,19). The molecule has 20 heavy (non-hydrogen) atoms. The van der Waals surface area contributed by atoms with Crippen molar-refractivity contribution >= 4 is 23.4 Å². The Labute approximate surface area is 124 Å². The highest BCUT2D eigenvalue weighted by Gasteiger charge is 2.16. The lowest BCUT2D eigenvalue weighted by atomic mass is 9.89. The Hall–Kier alpha value is -1.13. The van der Waals surface area contributed by atoms with Crippen LogP contribution in [0.15, 0.2) is 17.5 Å². The third kappa shape index (κ3) is 4.76. The number of aliphatic carboxylic acids is 1. The minimum atomic E-state index is -0.891. The molecule has 2 rings (SSSR count). The highest BCUT2D eigenvalue weighted by molar-refractivity contribution is 7.10. The van der Waals surface area contributed by atoms with Crippen molar-refractivity contribution in [2.75, 3.05) is 13.6 Å². The predicted octanol–water partition coefficient (Wildman–Crippen LogP) is 3.86. The van der Waals surface area contributed by atoms with Crippen LogP contribution in [-0.2, 0) is 11.3 Å². The molecule has 0 amide bonds. The summed E-state index contributed by atoms with van der Waals surface area (Å²) < 4.78 is 0. The molecule has 1 N–H and O–H groups in total. The van der Waals surface area contributed by atoms with E-state index in [2.05, 4.69) is 11.9 Å². The van der Waals surface area contributed by atoms with E-state index in [1.807, 2.05) is 11.4 Å². The van der Waals surface area contributed by atoms with Gasteiger partial charge in [-0.15, -0.1) is 11.3 Å². The molecule has 1 aromatic heterocycles. The van der Waals surface area contributed by atoms with Crippen LogP contribution >= 0.6 is 11.3 Å². The Kier molecular flexibility index (Phi) is 5.80. The molecule has 110 valence electrons. The van der Waals surface area contributed by atoms with Crippen LogP contribution in [0.1, 0.15) is 42.5 Å². The zero-order chi connectivity index (χ0) is 14.4. The molecule has 0 aliphatic heterocycles. The van der Waals surface area contributed by atoms with Crippen molar-refractivity contribution in [3.05, 3.63) is 28.0 Å². The molecule has 1 fully saturated rings. The quantitative estimate of drug-likeness (QED) is 0.810. The van der Waals surface area contributed by atoms with Gasteiger partial charge in [0, 0.05) is 24.0 Å². The molecule has 0 radical (unpaired) electrons. The van der Waals surface area contributed by atoms with Gasteiger partial charge in [0.15, 0.2) is 0 Å².